The van der Waals surface area contributed by atoms with Crippen molar-refractivity contribution in [1.29, 1.82) is 0 Å². The van der Waals surface area contributed by atoms with Crippen molar-refractivity contribution in [2.75, 3.05) is 33.0 Å². The van der Waals surface area contributed by atoms with Gasteiger partial charge in [-0.2, -0.15) is 0 Å². The highest BCUT2D eigenvalue weighted by Crippen LogP contribution is 2.30. The van der Waals surface area contributed by atoms with Gasteiger partial charge < -0.3 is 14.8 Å². The second-order valence-electron chi connectivity index (χ2n) is 4.58. The van der Waals surface area contributed by atoms with Crippen LogP contribution in [-0.2, 0) is 9.47 Å². The third kappa shape index (κ3) is 2.68. The van der Waals surface area contributed by atoms with Crippen LogP contribution in [-0.4, -0.2) is 38.0 Å². The summed E-state index contributed by atoms with van der Waals surface area (Å²) in [6, 6.07) is 0.294. The summed E-state index contributed by atoms with van der Waals surface area (Å²) in [5, 5.41) is 6.83. The first-order valence-corrected chi connectivity index (χ1v) is 7.15. The molecular formula is C12H18N2O2S. The minimum Gasteiger partial charge on any atom is -0.381 e. The normalized spacial score (nSPS) is 27.2. The van der Waals surface area contributed by atoms with Crippen LogP contribution in [0, 0.1) is 0 Å². The average Bonchev–Trinajstić information content (AvgIpc) is 2.90. The lowest BCUT2D eigenvalue weighted by Crippen LogP contribution is -2.34. The third-order valence-electron chi connectivity index (χ3n) is 3.40. The highest BCUT2D eigenvalue weighted by atomic mass is 32.1. The molecule has 3 rings (SSSR count). The number of hydrogen-bond acceptors (Lipinski definition) is 5. The lowest BCUT2D eigenvalue weighted by molar-refractivity contribution is 0.0762. The van der Waals surface area contributed by atoms with Crippen molar-refractivity contribution < 1.29 is 9.47 Å². The number of thiazole rings is 1. The van der Waals surface area contributed by atoms with Crippen molar-refractivity contribution in [3.05, 3.63) is 16.1 Å². The molecule has 1 unspecified atom stereocenters. The van der Waals surface area contributed by atoms with Crippen LogP contribution in [0.25, 0.3) is 0 Å². The topological polar surface area (TPSA) is 43.4 Å². The molecule has 0 aromatic carbocycles. The Morgan fingerprint density at radius 3 is 2.88 bits per heavy atom. The molecule has 1 aromatic rings. The molecule has 0 radical (unpaired) electrons. The zero-order valence-corrected chi connectivity index (χ0v) is 10.7. The van der Waals surface area contributed by atoms with E-state index in [4.69, 9.17) is 14.5 Å². The molecule has 0 bridgehead atoms. The van der Waals surface area contributed by atoms with E-state index >= 15 is 0 Å². The quantitative estimate of drug-likeness (QED) is 0.872. The Hall–Kier alpha value is -0.490. The van der Waals surface area contributed by atoms with Crippen LogP contribution in [0.4, 0.5) is 0 Å². The highest BCUT2D eigenvalue weighted by Gasteiger charge is 2.22. The molecule has 0 saturated carbocycles. The van der Waals surface area contributed by atoms with E-state index in [-0.39, 0.29) is 0 Å². The summed E-state index contributed by atoms with van der Waals surface area (Å²) in [5.74, 6) is 0.596. The fourth-order valence-electron chi connectivity index (χ4n) is 2.37. The second kappa shape index (κ2) is 5.44. The van der Waals surface area contributed by atoms with Gasteiger partial charge in [0.05, 0.1) is 24.9 Å². The minimum atomic E-state index is 0.294. The van der Waals surface area contributed by atoms with Crippen molar-refractivity contribution in [1.82, 2.24) is 10.3 Å². The average molecular weight is 254 g/mol. The molecule has 2 saturated heterocycles. The van der Waals surface area contributed by atoms with E-state index < -0.39 is 0 Å². The molecule has 3 heterocycles. The van der Waals surface area contributed by atoms with Gasteiger partial charge >= 0.3 is 0 Å². The number of ether oxygens (including phenoxy) is 2. The molecule has 17 heavy (non-hydrogen) atoms. The highest BCUT2D eigenvalue weighted by molar-refractivity contribution is 7.09. The zero-order valence-electron chi connectivity index (χ0n) is 9.85. The largest absolute Gasteiger partial charge is 0.381 e. The monoisotopic (exact) mass is 254 g/mol. The summed E-state index contributed by atoms with van der Waals surface area (Å²) in [6.45, 7) is 4.25. The Bertz CT molecular complexity index is 325. The molecule has 1 N–H and O–H groups in total. The maximum Gasteiger partial charge on any atom is 0.112 e. The van der Waals surface area contributed by atoms with E-state index in [0.29, 0.717) is 12.0 Å². The number of aromatic nitrogens is 1. The minimum absolute atomic E-state index is 0.294. The van der Waals surface area contributed by atoms with Crippen LogP contribution in [0.1, 0.15) is 35.5 Å². The number of nitrogens with zero attached hydrogens (tertiary/aromatic N) is 1. The smallest absolute Gasteiger partial charge is 0.112 e. The van der Waals surface area contributed by atoms with Gasteiger partial charge in [0.25, 0.3) is 0 Å². The Morgan fingerprint density at radius 2 is 2.12 bits per heavy atom. The molecule has 4 nitrogen and oxygen atoms in total. The summed E-state index contributed by atoms with van der Waals surface area (Å²) in [6.07, 6.45) is 2.22. The first-order chi connectivity index (χ1) is 8.43. The maximum absolute atomic E-state index is 5.48. The van der Waals surface area contributed by atoms with Gasteiger partial charge in [-0.05, 0) is 12.8 Å². The van der Waals surface area contributed by atoms with E-state index in [0.717, 1.165) is 45.8 Å². The number of nitrogens with one attached hydrogen (secondary N) is 1. The van der Waals surface area contributed by atoms with Gasteiger partial charge in [0, 0.05) is 31.1 Å². The zero-order chi connectivity index (χ0) is 11.5. The predicted molar refractivity (Wildman–Crippen MR) is 66.5 cm³/mol. The SMILES string of the molecule is c1sc(C2COCCN2)nc1C1CCOCC1. The number of rotatable bonds is 2. The Balaban J connectivity index is 1.68. The summed E-state index contributed by atoms with van der Waals surface area (Å²) < 4.78 is 10.9. The molecular weight excluding hydrogens is 236 g/mol. The molecule has 2 aliphatic rings. The van der Waals surface area contributed by atoms with Crippen molar-refractivity contribution in [3.63, 3.8) is 0 Å². The van der Waals surface area contributed by atoms with Gasteiger partial charge in [0.1, 0.15) is 5.01 Å². The van der Waals surface area contributed by atoms with Crippen LogP contribution in [0.2, 0.25) is 0 Å². The first-order valence-electron chi connectivity index (χ1n) is 6.27. The van der Waals surface area contributed by atoms with E-state index in [1.807, 2.05) is 0 Å². The van der Waals surface area contributed by atoms with Crippen LogP contribution < -0.4 is 5.32 Å². The van der Waals surface area contributed by atoms with Crippen molar-refractivity contribution in [2.24, 2.45) is 0 Å². The van der Waals surface area contributed by atoms with E-state index in [1.54, 1.807) is 11.3 Å². The van der Waals surface area contributed by atoms with Crippen LogP contribution in [0.5, 0.6) is 0 Å². The molecule has 0 aliphatic carbocycles. The molecule has 94 valence electrons. The summed E-state index contributed by atoms with van der Waals surface area (Å²) in [5.41, 5.74) is 1.25. The summed E-state index contributed by atoms with van der Waals surface area (Å²) >= 11 is 1.76. The van der Waals surface area contributed by atoms with Crippen LogP contribution >= 0.6 is 11.3 Å². The van der Waals surface area contributed by atoms with E-state index in [2.05, 4.69) is 10.7 Å². The van der Waals surface area contributed by atoms with Gasteiger partial charge in [-0.3, -0.25) is 0 Å². The van der Waals surface area contributed by atoms with Crippen molar-refractivity contribution in [2.45, 2.75) is 24.8 Å². The van der Waals surface area contributed by atoms with E-state index in [9.17, 15) is 0 Å². The maximum atomic E-state index is 5.48. The van der Waals surface area contributed by atoms with Gasteiger partial charge in [-0.25, -0.2) is 4.98 Å². The van der Waals surface area contributed by atoms with Gasteiger partial charge in [0.2, 0.25) is 0 Å². The molecule has 0 spiro atoms. The Morgan fingerprint density at radius 1 is 1.24 bits per heavy atom. The summed E-state index contributed by atoms with van der Waals surface area (Å²) in [7, 11) is 0. The standard InChI is InChI=1S/C12H18N2O2S/c1-4-15-5-2-9(1)11-8-17-12(14-11)10-7-16-6-3-13-10/h8-10,13H,1-7H2. The van der Waals surface area contributed by atoms with Gasteiger partial charge in [0.15, 0.2) is 0 Å². The lowest BCUT2D eigenvalue weighted by Gasteiger charge is -2.22. The van der Waals surface area contributed by atoms with Crippen LogP contribution in [0.3, 0.4) is 0 Å². The Labute approximate surface area is 105 Å². The number of hydrogen-bond donors (Lipinski definition) is 1. The first kappa shape index (κ1) is 11.6. The molecule has 5 heteroatoms. The fraction of sp³-hybridized carbons (Fsp3) is 0.750. The van der Waals surface area contributed by atoms with Crippen molar-refractivity contribution >= 4 is 11.3 Å². The second-order valence-corrected chi connectivity index (χ2v) is 5.47. The van der Waals surface area contributed by atoms with Crippen LogP contribution in [0.15, 0.2) is 5.38 Å². The fourth-order valence-corrected chi connectivity index (χ4v) is 3.33. The molecule has 1 aromatic heterocycles. The lowest BCUT2D eigenvalue weighted by atomic mass is 9.97. The van der Waals surface area contributed by atoms with E-state index in [1.165, 1.54) is 10.7 Å². The summed E-state index contributed by atoms with van der Waals surface area (Å²) in [4.78, 5) is 4.78. The molecule has 2 aliphatic heterocycles. The predicted octanol–water partition coefficient (Wildman–Crippen LogP) is 1.70. The molecule has 2 fully saturated rings. The van der Waals surface area contributed by atoms with Gasteiger partial charge in [-0.1, -0.05) is 0 Å². The number of morpholine rings is 1. The third-order valence-corrected chi connectivity index (χ3v) is 4.38. The molecule has 0 amide bonds. The van der Waals surface area contributed by atoms with Crippen molar-refractivity contribution in [3.8, 4) is 0 Å². The van der Waals surface area contributed by atoms with Gasteiger partial charge in [-0.15, -0.1) is 11.3 Å². The molecule has 1 atom stereocenters. The Kier molecular flexibility index (Phi) is 3.71.